The van der Waals surface area contributed by atoms with E-state index >= 15 is 0 Å². The van der Waals surface area contributed by atoms with Gasteiger partial charge in [-0.3, -0.25) is 9.59 Å². The molecule has 5 heteroatoms. The van der Waals surface area contributed by atoms with Crippen molar-refractivity contribution in [3.8, 4) is 0 Å². The van der Waals surface area contributed by atoms with Gasteiger partial charge in [0.1, 0.15) is 0 Å². The lowest BCUT2D eigenvalue weighted by atomic mass is 10.2. The fourth-order valence-corrected chi connectivity index (χ4v) is 2.15. The summed E-state index contributed by atoms with van der Waals surface area (Å²) in [7, 11) is 0. The molecule has 0 radical (unpaired) electrons. The molecule has 0 aromatic heterocycles. The van der Waals surface area contributed by atoms with Gasteiger partial charge in [-0.25, -0.2) is 0 Å². The highest BCUT2D eigenvalue weighted by Crippen LogP contribution is 2.09. The van der Waals surface area contributed by atoms with E-state index in [1.54, 1.807) is 4.90 Å². The van der Waals surface area contributed by atoms with E-state index in [-0.39, 0.29) is 24.4 Å². The predicted octanol–water partition coefficient (Wildman–Crippen LogP) is 0.503. The Morgan fingerprint density at radius 2 is 2.11 bits per heavy atom. The maximum atomic E-state index is 12.2. The van der Waals surface area contributed by atoms with Crippen LogP contribution in [0.25, 0.3) is 0 Å². The van der Waals surface area contributed by atoms with E-state index in [4.69, 9.17) is 0 Å². The number of nitrogens with zero attached hydrogens (tertiary/aromatic N) is 1. The Labute approximate surface area is 109 Å². The molecule has 0 saturated carbocycles. The van der Waals surface area contributed by atoms with Gasteiger partial charge in [0.15, 0.2) is 0 Å². The van der Waals surface area contributed by atoms with Crippen LogP contribution in [-0.4, -0.2) is 48.9 Å². The second-order valence-corrected chi connectivity index (χ2v) is 4.76. The molecule has 1 rings (SSSR count). The van der Waals surface area contributed by atoms with Crippen molar-refractivity contribution in [3.63, 3.8) is 0 Å². The number of nitrogens with one attached hydrogen (secondary N) is 2. The van der Waals surface area contributed by atoms with E-state index in [1.807, 2.05) is 13.8 Å². The number of amides is 2. The quantitative estimate of drug-likeness (QED) is 0.696. The van der Waals surface area contributed by atoms with Gasteiger partial charge in [0, 0.05) is 13.1 Å². The van der Waals surface area contributed by atoms with Crippen LogP contribution >= 0.6 is 0 Å². The summed E-state index contributed by atoms with van der Waals surface area (Å²) < 4.78 is 0. The van der Waals surface area contributed by atoms with Crippen molar-refractivity contribution in [1.82, 2.24) is 15.5 Å². The first-order valence-corrected chi connectivity index (χ1v) is 6.97. The maximum absolute atomic E-state index is 12.2. The van der Waals surface area contributed by atoms with E-state index < -0.39 is 0 Å². The van der Waals surface area contributed by atoms with Gasteiger partial charge < -0.3 is 15.5 Å². The highest BCUT2D eigenvalue weighted by Gasteiger charge is 2.27. The molecule has 18 heavy (non-hydrogen) atoms. The summed E-state index contributed by atoms with van der Waals surface area (Å²) in [5.41, 5.74) is 0. The molecule has 1 atom stereocenters. The molecule has 1 heterocycles. The van der Waals surface area contributed by atoms with Gasteiger partial charge >= 0.3 is 0 Å². The molecule has 0 aliphatic carbocycles. The number of carbonyl (C=O) groups is 2. The molecule has 5 nitrogen and oxygen atoms in total. The first-order chi connectivity index (χ1) is 8.69. The first kappa shape index (κ1) is 15.0. The zero-order valence-electron chi connectivity index (χ0n) is 11.5. The van der Waals surface area contributed by atoms with Crippen LogP contribution in [0.1, 0.15) is 39.5 Å². The largest absolute Gasteiger partial charge is 0.355 e. The summed E-state index contributed by atoms with van der Waals surface area (Å²) in [4.78, 5) is 25.6. The Bertz CT molecular complexity index is 275. The minimum absolute atomic E-state index is 0.0587. The number of hydrogen-bond donors (Lipinski definition) is 2. The van der Waals surface area contributed by atoms with Gasteiger partial charge in [0.05, 0.1) is 12.6 Å². The summed E-state index contributed by atoms with van der Waals surface area (Å²) in [6, 6.07) is -0.0875. The molecule has 0 bridgehead atoms. The third kappa shape index (κ3) is 4.64. The average molecular weight is 255 g/mol. The third-order valence-corrected chi connectivity index (χ3v) is 3.07. The van der Waals surface area contributed by atoms with Crippen molar-refractivity contribution < 1.29 is 9.59 Å². The molecule has 0 aromatic rings. The van der Waals surface area contributed by atoms with Crippen LogP contribution in [0.4, 0.5) is 0 Å². The van der Waals surface area contributed by atoms with E-state index in [1.165, 1.54) is 0 Å². The van der Waals surface area contributed by atoms with Gasteiger partial charge in [-0.05, 0) is 32.2 Å². The number of rotatable bonds is 7. The Balaban J connectivity index is 2.47. The van der Waals surface area contributed by atoms with Gasteiger partial charge in [-0.1, -0.05) is 13.8 Å². The SMILES string of the molecule is CCCNC(=O)CN(CCC)C(=O)C1CCCN1. The summed E-state index contributed by atoms with van der Waals surface area (Å²) in [6.07, 6.45) is 3.71. The molecule has 2 N–H and O–H groups in total. The molecule has 0 aromatic carbocycles. The van der Waals surface area contributed by atoms with Crippen molar-refractivity contribution in [3.05, 3.63) is 0 Å². The van der Waals surface area contributed by atoms with Gasteiger partial charge in [0.25, 0.3) is 0 Å². The van der Waals surface area contributed by atoms with E-state index in [2.05, 4.69) is 10.6 Å². The van der Waals surface area contributed by atoms with Crippen molar-refractivity contribution in [2.45, 2.75) is 45.6 Å². The highest BCUT2D eigenvalue weighted by molar-refractivity contribution is 5.87. The van der Waals surface area contributed by atoms with Crippen LogP contribution in [-0.2, 0) is 9.59 Å². The summed E-state index contributed by atoms with van der Waals surface area (Å²) >= 11 is 0. The molecule has 2 amide bonds. The fraction of sp³-hybridized carbons (Fsp3) is 0.846. The minimum atomic E-state index is -0.0875. The van der Waals surface area contributed by atoms with Crippen molar-refractivity contribution >= 4 is 11.8 Å². The highest BCUT2D eigenvalue weighted by atomic mass is 16.2. The summed E-state index contributed by atoms with van der Waals surface area (Å²) in [5, 5.41) is 6.00. The third-order valence-electron chi connectivity index (χ3n) is 3.07. The first-order valence-electron chi connectivity index (χ1n) is 6.97. The molecular weight excluding hydrogens is 230 g/mol. The van der Waals surface area contributed by atoms with Crippen LogP contribution < -0.4 is 10.6 Å². The van der Waals surface area contributed by atoms with Crippen molar-refractivity contribution in [1.29, 1.82) is 0 Å². The molecular formula is C13H25N3O2. The minimum Gasteiger partial charge on any atom is -0.355 e. The molecule has 1 unspecified atom stereocenters. The molecule has 1 aliphatic heterocycles. The molecule has 1 saturated heterocycles. The van der Waals surface area contributed by atoms with Crippen LogP contribution in [0.5, 0.6) is 0 Å². The standard InChI is InChI=1S/C13H25N3O2/c1-3-7-15-12(17)10-16(9-4-2)13(18)11-6-5-8-14-11/h11,14H,3-10H2,1-2H3,(H,15,17). The number of hydrogen-bond acceptors (Lipinski definition) is 3. The zero-order chi connectivity index (χ0) is 13.4. The van der Waals surface area contributed by atoms with Gasteiger partial charge in [-0.2, -0.15) is 0 Å². The Morgan fingerprint density at radius 1 is 1.33 bits per heavy atom. The lowest BCUT2D eigenvalue weighted by Crippen LogP contribution is -2.48. The van der Waals surface area contributed by atoms with Crippen LogP contribution in [0, 0.1) is 0 Å². The maximum Gasteiger partial charge on any atom is 0.240 e. The normalized spacial score (nSPS) is 18.7. The smallest absolute Gasteiger partial charge is 0.240 e. The molecule has 1 aliphatic rings. The number of carbonyl (C=O) groups excluding carboxylic acids is 2. The molecule has 1 fully saturated rings. The summed E-state index contributed by atoms with van der Waals surface area (Å²) in [6.45, 7) is 6.44. The Hall–Kier alpha value is -1.10. The second-order valence-electron chi connectivity index (χ2n) is 4.76. The lowest BCUT2D eigenvalue weighted by molar-refractivity contribution is -0.137. The molecule has 0 spiro atoms. The molecule has 104 valence electrons. The predicted molar refractivity (Wildman–Crippen MR) is 71.2 cm³/mol. The van der Waals surface area contributed by atoms with Gasteiger partial charge in [0.2, 0.25) is 11.8 Å². The van der Waals surface area contributed by atoms with Crippen LogP contribution in [0.15, 0.2) is 0 Å². The van der Waals surface area contributed by atoms with Crippen molar-refractivity contribution in [2.24, 2.45) is 0 Å². The van der Waals surface area contributed by atoms with E-state index in [0.717, 1.165) is 32.2 Å². The monoisotopic (exact) mass is 255 g/mol. The van der Waals surface area contributed by atoms with Crippen LogP contribution in [0.2, 0.25) is 0 Å². The average Bonchev–Trinajstić information content (AvgIpc) is 2.88. The lowest BCUT2D eigenvalue weighted by Gasteiger charge is -2.24. The topological polar surface area (TPSA) is 61.4 Å². The Morgan fingerprint density at radius 3 is 2.67 bits per heavy atom. The van der Waals surface area contributed by atoms with E-state index in [0.29, 0.717) is 13.1 Å². The fourth-order valence-electron chi connectivity index (χ4n) is 2.15. The van der Waals surface area contributed by atoms with Gasteiger partial charge in [-0.15, -0.1) is 0 Å². The summed E-state index contributed by atoms with van der Waals surface area (Å²) in [5.74, 6) is 0.0117. The second kappa shape index (κ2) is 8.08. The van der Waals surface area contributed by atoms with E-state index in [9.17, 15) is 9.59 Å². The van der Waals surface area contributed by atoms with Crippen LogP contribution in [0.3, 0.4) is 0 Å². The van der Waals surface area contributed by atoms with Crippen molar-refractivity contribution in [2.75, 3.05) is 26.2 Å². The Kier molecular flexibility index (Phi) is 6.72. The zero-order valence-corrected chi connectivity index (χ0v) is 11.5.